The Morgan fingerprint density at radius 3 is 2.38 bits per heavy atom. The summed E-state index contributed by atoms with van der Waals surface area (Å²) in [4.78, 5) is 40.0. The summed E-state index contributed by atoms with van der Waals surface area (Å²) < 4.78 is 17.5. The average Bonchev–Trinajstić information content (AvgIpc) is 2.99. The summed E-state index contributed by atoms with van der Waals surface area (Å²) >= 11 is 0. The van der Waals surface area contributed by atoms with Gasteiger partial charge in [0.15, 0.2) is 0 Å². The fourth-order valence-electron chi connectivity index (χ4n) is 5.36. The summed E-state index contributed by atoms with van der Waals surface area (Å²) in [5.41, 5.74) is 2.59. The number of rotatable bonds is 4. The van der Waals surface area contributed by atoms with E-state index < -0.39 is 24.1 Å². The van der Waals surface area contributed by atoms with Crippen molar-refractivity contribution in [3.8, 4) is 11.5 Å². The lowest BCUT2D eigenvalue weighted by atomic mass is 9.83. The second kappa shape index (κ2) is 13.3. The highest BCUT2D eigenvalue weighted by Crippen LogP contribution is 2.29. The van der Waals surface area contributed by atoms with E-state index in [-0.39, 0.29) is 31.3 Å². The molecule has 208 valence electrons. The summed E-state index contributed by atoms with van der Waals surface area (Å²) in [5.74, 6) is -0.212. The minimum absolute atomic E-state index is 0.0377. The van der Waals surface area contributed by atoms with Crippen LogP contribution in [-0.2, 0) is 43.3 Å². The molecule has 2 atom stereocenters. The summed E-state index contributed by atoms with van der Waals surface area (Å²) in [5, 5.41) is 2.95. The second-order valence-corrected chi connectivity index (χ2v) is 10.6. The maximum Gasteiger partial charge on any atom is 0.348 e. The van der Waals surface area contributed by atoms with Crippen molar-refractivity contribution in [3.63, 3.8) is 0 Å². The first-order valence-corrected chi connectivity index (χ1v) is 14.1. The molecule has 0 saturated heterocycles. The van der Waals surface area contributed by atoms with Crippen molar-refractivity contribution in [2.75, 3.05) is 0 Å². The number of hydrogen-bond acceptors (Lipinski definition) is 6. The quantitative estimate of drug-likeness (QED) is 0.427. The zero-order valence-electron chi connectivity index (χ0n) is 22.6. The third-order valence-corrected chi connectivity index (χ3v) is 7.56. The fourth-order valence-corrected chi connectivity index (χ4v) is 5.36. The molecule has 1 fully saturated rings. The molecule has 6 rings (SSSR count). The van der Waals surface area contributed by atoms with Gasteiger partial charge in [-0.1, -0.05) is 73.9 Å². The SMILES string of the molecule is O=C1CCc2ccc(cc2)Oc2cccc(c2)C[C@H](C(=O)OCc2ccccc2)OC(=O)C(C2CCCCC2)N1. The van der Waals surface area contributed by atoms with Crippen molar-refractivity contribution >= 4 is 17.8 Å². The number of carbonyl (C=O) groups excluding carboxylic acids is 3. The molecule has 1 aliphatic carbocycles. The topological polar surface area (TPSA) is 90.9 Å². The number of hydrogen-bond donors (Lipinski definition) is 1. The third kappa shape index (κ3) is 7.50. The number of nitrogens with one attached hydrogen (secondary N) is 1. The number of esters is 2. The van der Waals surface area contributed by atoms with Gasteiger partial charge in [0.2, 0.25) is 12.0 Å². The Labute approximate surface area is 234 Å². The minimum atomic E-state index is -1.18. The number of carbonyl (C=O) groups is 3. The molecule has 40 heavy (non-hydrogen) atoms. The number of ether oxygens (including phenoxy) is 3. The van der Waals surface area contributed by atoms with Crippen molar-refractivity contribution < 1.29 is 28.6 Å². The van der Waals surface area contributed by atoms with Crippen molar-refractivity contribution in [2.24, 2.45) is 5.92 Å². The summed E-state index contributed by atoms with van der Waals surface area (Å²) in [7, 11) is 0. The first kappa shape index (κ1) is 27.4. The zero-order chi connectivity index (χ0) is 27.7. The van der Waals surface area contributed by atoms with Gasteiger partial charge in [-0.05, 0) is 66.1 Å². The van der Waals surface area contributed by atoms with Crippen molar-refractivity contribution in [2.45, 2.75) is 70.1 Å². The van der Waals surface area contributed by atoms with Crippen LogP contribution in [0.25, 0.3) is 0 Å². The minimum Gasteiger partial charge on any atom is -0.458 e. The van der Waals surface area contributed by atoms with Gasteiger partial charge in [-0.25, -0.2) is 9.59 Å². The van der Waals surface area contributed by atoms with Gasteiger partial charge in [0.05, 0.1) is 0 Å². The van der Waals surface area contributed by atoms with Crippen LogP contribution in [0.15, 0.2) is 78.9 Å². The number of amides is 1. The van der Waals surface area contributed by atoms with E-state index in [2.05, 4.69) is 5.32 Å². The molecule has 1 N–H and O–H groups in total. The largest absolute Gasteiger partial charge is 0.458 e. The molecular formula is C33H35NO6. The van der Waals surface area contributed by atoms with Crippen LogP contribution in [0.3, 0.4) is 0 Å². The molecule has 1 amide bonds. The van der Waals surface area contributed by atoms with Crippen LogP contribution in [0, 0.1) is 5.92 Å². The normalized spacial score (nSPS) is 20.5. The maximum atomic E-state index is 13.6. The van der Waals surface area contributed by atoms with E-state index in [1.54, 1.807) is 0 Å². The Morgan fingerprint density at radius 2 is 1.60 bits per heavy atom. The van der Waals surface area contributed by atoms with Gasteiger partial charge in [0.1, 0.15) is 24.1 Å². The van der Waals surface area contributed by atoms with Crippen LogP contribution < -0.4 is 10.1 Å². The highest BCUT2D eigenvalue weighted by Gasteiger charge is 2.35. The Bertz CT molecular complexity index is 1300. The van der Waals surface area contributed by atoms with Crippen LogP contribution in [0.4, 0.5) is 0 Å². The van der Waals surface area contributed by atoms with Crippen LogP contribution >= 0.6 is 0 Å². The molecule has 0 spiro atoms. The summed E-state index contributed by atoms with van der Waals surface area (Å²) in [6.45, 7) is 0.0650. The monoisotopic (exact) mass is 541 g/mol. The molecule has 3 aliphatic rings. The van der Waals surface area contributed by atoms with Crippen LogP contribution in [0.1, 0.15) is 55.2 Å². The van der Waals surface area contributed by atoms with Gasteiger partial charge in [-0.3, -0.25) is 4.79 Å². The molecule has 0 aromatic heterocycles. The molecule has 1 unspecified atom stereocenters. The smallest absolute Gasteiger partial charge is 0.348 e. The molecule has 1 saturated carbocycles. The predicted octanol–water partition coefficient (Wildman–Crippen LogP) is 5.69. The molecule has 3 aromatic rings. The average molecular weight is 542 g/mol. The third-order valence-electron chi connectivity index (χ3n) is 7.56. The molecular weight excluding hydrogens is 506 g/mol. The van der Waals surface area contributed by atoms with E-state index in [4.69, 9.17) is 14.2 Å². The van der Waals surface area contributed by atoms with Crippen LogP contribution in [-0.4, -0.2) is 30.0 Å². The van der Waals surface area contributed by atoms with Gasteiger partial charge in [-0.15, -0.1) is 0 Å². The van der Waals surface area contributed by atoms with Crippen LogP contribution in [0.5, 0.6) is 11.5 Å². The van der Waals surface area contributed by atoms with E-state index >= 15 is 0 Å². The first-order chi connectivity index (χ1) is 19.5. The van der Waals surface area contributed by atoms with Crippen molar-refractivity contribution in [1.82, 2.24) is 5.32 Å². The lowest BCUT2D eigenvalue weighted by molar-refractivity contribution is -0.171. The standard InChI is InChI=1S/C33H35NO6/c35-30-19-16-23-14-17-27(18-15-23)39-28-13-7-10-25(20-28)21-29(32(36)38-22-24-8-3-1-4-9-24)40-33(37)31(34-30)26-11-5-2-6-12-26/h1,3-4,7-10,13-15,17-18,20,26,29,31H,2,5-6,11-12,16,19,21-22H2,(H,34,35)/t29-,31?/m1/s1. The van der Waals surface area contributed by atoms with Gasteiger partial charge < -0.3 is 19.5 Å². The summed E-state index contributed by atoms with van der Waals surface area (Å²) in [6.07, 6.45) is 4.44. The molecule has 7 heteroatoms. The van der Waals surface area contributed by atoms with Crippen molar-refractivity contribution in [3.05, 3.63) is 95.6 Å². The van der Waals surface area contributed by atoms with E-state index in [0.717, 1.165) is 48.8 Å². The first-order valence-electron chi connectivity index (χ1n) is 14.1. The molecule has 7 nitrogen and oxygen atoms in total. The molecule has 0 radical (unpaired) electrons. The number of aryl methyl sites for hydroxylation is 1. The Kier molecular flexibility index (Phi) is 9.11. The lowest BCUT2D eigenvalue weighted by Crippen LogP contribution is -2.49. The highest BCUT2D eigenvalue weighted by molar-refractivity contribution is 5.87. The van der Waals surface area contributed by atoms with Gasteiger partial charge in [0.25, 0.3) is 0 Å². The van der Waals surface area contributed by atoms with Gasteiger partial charge >= 0.3 is 11.9 Å². The molecule has 2 aliphatic heterocycles. The van der Waals surface area contributed by atoms with Gasteiger partial charge in [-0.2, -0.15) is 0 Å². The van der Waals surface area contributed by atoms with Crippen LogP contribution in [0.2, 0.25) is 0 Å². The number of benzene rings is 3. The van der Waals surface area contributed by atoms with E-state index in [0.29, 0.717) is 17.9 Å². The van der Waals surface area contributed by atoms with E-state index in [9.17, 15) is 14.4 Å². The second-order valence-electron chi connectivity index (χ2n) is 10.6. The van der Waals surface area contributed by atoms with Crippen molar-refractivity contribution in [1.29, 1.82) is 0 Å². The summed E-state index contributed by atoms with van der Waals surface area (Å²) in [6, 6.07) is 23.5. The Hall–Kier alpha value is -4.13. The fraction of sp³-hybridized carbons (Fsp3) is 0.364. The Balaban J connectivity index is 1.43. The zero-order valence-corrected chi connectivity index (χ0v) is 22.6. The molecule has 2 heterocycles. The van der Waals surface area contributed by atoms with E-state index in [1.807, 2.05) is 78.9 Å². The van der Waals surface area contributed by atoms with Gasteiger partial charge in [0, 0.05) is 12.8 Å². The maximum absolute atomic E-state index is 13.6. The number of fused-ring (bicyclic) bond motifs is 10. The molecule has 3 aromatic carbocycles. The lowest BCUT2D eigenvalue weighted by Gasteiger charge is -2.30. The van der Waals surface area contributed by atoms with E-state index in [1.165, 1.54) is 0 Å². The highest BCUT2D eigenvalue weighted by atomic mass is 16.6. The molecule has 4 bridgehead atoms. The predicted molar refractivity (Wildman–Crippen MR) is 150 cm³/mol. The Morgan fingerprint density at radius 1 is 0.825 bits per heavy atom.